The molecule has 9 fully saturated rings. The van der Waals surface area contributed by atoms with Crippen LogP contribution in [-0.2, 0) is 40.0 Å². The molecular formula is C72H120F5N5O7. The van der Waals surface area contributed by atoms with Crippen molar-refractivity contribution in [3.8, 4) is 0 Å². The Kier molecular flexibility index (Phi) is 27.3. The van der Waals surface area contributed by atoms with Crippen molar-refractivity contribution in [1.29, 1.82) is 0 Å². The molecule has 510 valence electrons. The first kappa shape index (κ1) is 77.1. The summed E-state index contributed by atoms with van der Waals surface area (Å²) in [7, 11) is 0. The number of carbonyl (C=O) groups excluding carboxylic acids is 6. The monoisotopic (exact) mass is 1260 g/mol. The van der Waals surface area contributed by atoms with Crippen LogP contribution in [0.15, 0.2) is 0 Å². The molecule has 2 heterocycles. The van der Waals surface area contributed by atoms with Crippen LogP contribution in [0.5, 0.6) is 0 Å². The molecule has 9 aliphatic rings. The molecule has 12 nitrogen and oxygen atoms in total. The molecule has 1 aromatic carbocycles. The number of fused-ring (bicyclic) bond motifs is 3. The zero-order valence-corrected chi connectivity index (χ0v) is 58.4. The highest BCUT2D eigenvalue weighted by atomic mass is 19.2. The summed E-state index contributed by atoms with van der Waals surface area (Å²) < 4.78 is 71.2. The summed E-state index contributed by atoms with van der Waals surface area (Å²) in [5.74, 6) is -5.66. The first-order valence-corrected chi connectivity index (χ1v) is 34.3. The molecule has 5 amide bonds. The van der Waals surface area contributed by atoms with Crippen LogP contribution in [0, 0.1) is 102 Å². The second-order valence-electron chi connectivity index (χ2n) is 32.2. The van der Waals surface area contributed by atoms with Gasteiger partial charge in [0.15, 0.2) is 23.3 Å². The summed E-state index contributed by atoms with van der Waals surface area (Å²) in [4.78, 5) is 72.2. The van der Waals surface area contributed by atoms with Crippen molar-refractivity contribution >= 4 is 35.5 Å². The molecule has 0 radical (unpaired) electrons. The van der Waals surface area contributed by atoms with Crippen LogP contribution in [0.4, 0.5) is 22.0 Å². The topological polar surface area (TPSA) is 172 Å². The third kappa shape index (κ3) is 20.1. The Morgan fingerprint density at radius 3 is 1.13 bits per heavy atom. The number of hydrogen-bond donors (Lipinski definition) is 5. The van der Waals surface area contributed by atoms with Crippen molar-refractivity contribution in [3.63, 3.8) is 0 Å². The number of halogens is 5. The van der Waals surface area contributed by atoms with Crippen molar-refractivity contribution < 1.29 is 55.5 Å². The lowest BCUT2D eigenvalue weighted by molar-refractivity contribution is -0.226. The van der Waals surface area contributed by atoms with E-state index in [1.54, 1.807) is 20.8 Å². The van der Waals surface area contributed by atoms with E-state index >= 15 is 0 Å². The number of rotatable bonds is 20. The van der Waals surface area contributed by atoms with Gasteiger partial charge in [0.05, 0.1) is 12.0 Å². The van der Waals surface area contributed by atoms with Crippen molar-refractivity contribution in [2.75, 3.05) is 26.2 Å². The number of amides is 5. The van der Waals surface area contributed by atoms with Gasteiger partial charge in [0.2, 0.25) is 35.4 Å². The molecule has 17 heteroatoms. The minimum atomic E-state index is -2.22. The molecule has 2 aliphatic heterocycles. The van der Waals surface area contributed by atoms with Crippen LogP contribution >= 0.6 is 0 Å². The van der Waals surface area contributed by atoms with Crippen LogP contribution in [0.2, 0.25) is 0 Å². The molecule has 2 unspecified atom stereocenters. The van der Waals surface area contributed by atoms with Crippen molar-refractivity contribution in [3.05, 3.63) is 34.6 Å². The zero-order valence-electron chi connectivity index (χ0n) is 58.4. The molecule has 7 aliphatic carbocycles. The van der Waals surface area contributed by atoms with Gasteiger partial charge in [-0.2, -0.15) is 0 Å². The van der Waals surface area contributed by atoms with Crippen molar-refractivity contribution in [1.82, 2.24) is 26.6 Å². The standard InChI is InChI=1S/C17H29NO3.C17H29NO.C13H14F5NO.C13H25NO.C12H23NO/c1-7-14(2,3)12(19)18-11-17-9-8-16(6,13(20)21-17)15(4,5)10-17;1-4-16(2,3)15(19)18-11-17-8-12-5-13(9-17)7-14(6-12)10-17;1-4-13(2,3)12(20)19-5-6-7(14)9(16)11(18)10(17)8(6)15;1-4-13(2,3)12(15)14-10-11-8-6-5-7-9-11;1-4-12(2,3)11(14)13-9-10-7-5-6-8-10/h7-11H2,1-6H3,(H,18,19);12-14H,4-11H2,1-3H3,(H,18,19);4-5H2,1-3H3,(H,19,20);11H,4-10H2,1-3H3,(H,14,15);10H,4-9H2,1-3H3,(H,13,14). The fourth-order valence-corrected chi connectivity index (χ4v) is 13.9. The summed E-state index contributed by atoms with van der Waals surface area (Å²) in [5.41, 5.74) is -3.37. The van der Waals surface area contributed by atoms with Gasteiger partial charge in [0.1, 0.15) is 5.60 Å². The van der Waals surface area contributed by atoms with Gasteiger partial charge >= 0.3 is 5.97 Å². The summed E-state index contributed by atoms with van der Waals surface area (Å²) >= 11 is 0. The van der Waals surface area contributed by atoms with E-state index in [0.29, 0.717) is 18.4 Å². The van der Waals surface area contributed by atoms with Crippen LogP contribution in [0.25, 0.3) is 0 Å². The predicted octanol–water partition coefficient (Wildman–Crippen LogP) is 16.1. The second kappa shape index (κ2) is 31.5. The Bertz CT molecular complexity index is 2510. The van der Waals surface area contributed by atoms with Gasteiger partial charge in [-0.25, -0.2) is 22.0 Å². The van der Waals surface area contributed by atoms with E-state index in [-0.39, 0.29) is 62.1 Å². The highest BCUT2D eigenvalue weighted by Gasteiger charge is 2.63. The lowest BCUT2D eigenvalue weighted by Gasteiger charge is -2.59. The number of nitrogens with one attached hydrogen (secondary N) is 5. The van der Waals surface area contributed by atoms with Crippen molar-refractivity contribution in [2.24, 2.45) is 72.9 Å². The molecule has 5 N–H and O–H groups in total. The maximum atomic E-state index is 13.4. The van der Waals surface area contributed by atoms with Crippen LogP contribution < -0.4 is 26.6 Å². The average molecular weight is 1260 g/mol. The lowest BCUT2D eigenvalue weighted by atomic mass is 9.49. The second-order valence-corrected chi connectivity index (χ2v) is 32.2. The number of carbonyl (C=O) groups is 6. The Balaban J connectivity index is 0.000000240. The fourth-order valence-electron chi connectivity index (χ4n) is 13.9. The Morgan fingerprint density at radius 2 is 0.787 bits per heavy atom. The third-order valence-electron chi connectivity index (χ3n) is 23.0. The highest BCUT2D eigenvalue weighted by Crippen LogP contribution is 2.61. The Morgan fingerprint density at radius 1 is 0.461 bits per heavy atom. The molecule has 2 saturated heterocycles. The predicted molar refractivity (Wildman–Crippen MR) is 344 cm³/mol. The van der Waals surface area contributed by atoms with Gasteiger partial charge in [-0.05, 0) is 163 Å². The highest BCUT2D eigenvalue weighted by molar-refractivity contribution is 5.84. The first-order valence-electron chi connectivity index (χ1n) is 34.3. The van der Waals surface area contributed by atoms with E-state index in [9.17, 15) is 50.7 Å². The summed E-state index contributed by atoms with van der Waals surface area (Å²) in [5, 5.41) is 14.7. The Hall–Kier alpha value is -4.31. The largest absolute Gasteiger partial charge is 0.457 e. The first-order chi connectivity index (χ1) is 41.2. The van der Waals surface area contributed by atoms with Gasteiger partial charge in [-0.3, -0.25) is 28.8 Å². The van der Waals surface area contributed by atoms with Gasteiger partial charge in [0, 0.05) is 58.8 Å². The minimum Gasteiger partial charge on any atom is -0.457 e. The van der Waals surface area contributed by atoms with Gasteiger partial charge in [-0.1, -0.05) is 150 Å². The molecular weight excluding hydrogens is 1140 g/mol. The summed E-state index contributed by atoms with van der Waals surface area (Å²) in [6.45, 7) is 37.9. The van der Waals surface area contributed by atoms with Crippen molar-refractivity contribution in [2.45, 2.75) is 284 Å². The number of ether oxygens (including phenoxy) is 1. The Labute approximate surface area is 533 Å². The average Bonchev–Trinajstić information content (AvgIpc) is 0.905. The smallest absolute Gasteiger partial charge is 0.312 e. The van der Waals surface area contributed by atoms with Gasteiger partial charge in [0.25, 0.3) is 0 Å². The maximum Gasteiger partial charge on any atom is 0.312 e. The lowest BCUT2D eigenvalue weighted by Crippen LogP contribution is -2.65. The number of hydrogen-bond acceptors (Lipinski definition) is 7. The van der Waals surface area contributed by atoms with Gasteiger partial charge < -0.3 is 31.3 Å². The number of esters is 1. The maximum absolute atomic E-state index is 13.4. The molecule has 7 saturated carbocycles. The molecule has 0 aromatic heterocycles. The quantitative estimate of drug-likeness (QED) is 0.0374. The van der Waals surface area contributed by atoms with E-state index < -0.39 is 58.1 Å². The van der Waals surface area contributed by atoms with E-state index in [1.807, 2.05) is 55.4 Å². The summed E-state index contributed by atoms with van der Waals surface area (Å²) in [6.07, 6.45) is 27.0. The molecule has 1 aromatic rings. The van der Waals surface area contributed by atoms with Crippen LogP contribution in [0.3, 0.4) is 0 Å². The van der Waals surface area contributed by atoms with E-state index in [0.717, 1.165) is 94.2 Å². The van der Waals surface area contributed by atoms with Gasteiger partial charge in [-0.15, -0.1) is 0 Å². The SMILES string of the molecule is CCC(C)(C)C(=O)NCC12CC3CC(CC(C3)C1)C2.CCC(C)(C)C(=O)NCC12CCC(C)(C(=O)O1)C(C)(C)C2.CCC(C)(C)C(=O)NCC1CCCC1.CCC(C)(C)C(=O)NCC1CCCCC1.CCC(C)(C)C(=O)NCc1c(F)c(F)c(F)c(F)c1F. The van der Waals surface area contributed by atoms with Crippen LogP contribution in [0.1, 0.15) is 278 Å². The normalized spacial score (nSPS) is 25.5. The number of benzene rings is 1. The molecule has 0 spiro atoms. The molecule has 89 heavy (non-hydrogen) atoms. The van der Waals surface area contributed by atoms with E-state index in [1.165, 1.54) is 96.3 Å². The van der Waals surface area contributed by atoms with E-state index in [4.69, 9.17) is 4.74 Å². The molecule has 2 atom stereocenters. The summed E-state index contributed by atoms with van der Waals surface area (Å²) in [6, 6.07) is 0. The fraction of sp³-hybridized carbons (Fsp3) is 0.833. The molecule has 10 rings (SSSR count). The minimum absolute atomic E-state index is 0.0344. The van der Waals surface area contributed by atoms with E-state index in [2.05, 4.69) is 75.1 Å². The van der Waals surface area contributed by atoms with Crippen LogP contribution in [-0.4, -0.2) is 67.3 Å². The third-order valence-corrected chi connectivity index (χ3v) is 23.0. The zero-order chi connectivity index (χ0) is 67.4. The molecule has 6 bridgehead atoms.